The van der Waals surface area contributed by atoms with E-state index in [-0.39, 0.29) is 24.4 Å². The van der Waals surface area contributed by atoms with Crippen molar-refractivity contribution in [3.8, 4) is 0 Å². The van der Waals surface area contributed by atoms with Crippen molar-refractivity contribution in [3.05, 3.63) is 35.6 Å². The van der Waals surface area contributed by atoms with Gasteiger partial charge in [-0.1, -0.05) is 12.1 Å². The lowest BCUT2D eigenvalue weighted by Crippen LogP contribution is -2.32. The van der Waals surface area contributed by atoms with Crippen LogP contribution < -0.4 is 0 Å². The fourth-order valence-electron chi connectivity index (χ4n) is 1.47. The highest BCUT2D eigenvalue weighted by molar-refractivity contribution is 5.77. The minimum Gasteiger partial charge on any atom is -0.372 e. The van der Waals surface area contributed by atoms with Crippen LogP contribution in [0, 0.1) is 5.82 Å². The van der Waals surface area contributed by atoms with Gasteiger partial charge in [-0.25, -0.2) is 4.39 Å². The molecule has 0 saturated carbocycles. The maximum absolute atomic E-state index is 12.8. The molecule has 0 heterocycles. The highest BCUT2D eigenvalue weighted by Gasteiger charge is 2.17. The molecule has 0 aromatic heterocycles. The first kappa shape index (κ1) is 13.6. The Balaban J connectivity index is 2.65. The number of hydrogen-bond donors (Lipinski definition) is 0. The van der Waals surface area contributed by atoms with Gasteiger partial charge in [0, 0.05) is 13.7 Å². The summed E-state index contributed by atoms with van der Waals surface area (Å²) in [5.41, 5.74) is 0.902. The molecular weight excluding hydrogens is 221 g/mol. The average molecular weight is 239 g/mol. The first-order chi connectivity index (χ1) is 8.06. The van der Waals surface area contributed by atoms with E-state index in [0.29, 0.717) is 6.61 Å². The predicted molar refractivity (Wildman–Crippen MR) is 64.1 cm³/mol. The number of carbonyl (C=O) groups is 1. The van der Waals surface area contributed by atoms with Crippen molar-refractivity contribution in [2.75, 3.05) is 20.3 Å². The largest absolute Gasteiger partial charge is 0.372 e. The summed E-state index contributed by atoms with van der Waals surface area (Å²) in [6.45, 7) is 4.34. The van der Waals surface area contributed by atoms with E-state index in [0.717, 1.165) is 5.56 Å². The van der Waals surface area contributed by atoms with Gasteiger partial charge in [0.25, 0.3) is 0 Å². The van der Waals surface area contributed by atoms with Gasteiger partial charge >= 0.3 is 0 Å². The summed E-state index contributed by atoms with van der Waals surface area (Å²) in [5.74, 6) is -0.354. The number of hydrogen-bond acceptors (Lipinski definition) is 2. The molecule has 94 valence electrons. The van der Waals surface area contributed by atoms with Crippen LogP contribution in [0.15, 0.2) is 24.3 Å². The zero-order valence-corrected chi connectivity index (χ0v) is 10.4. The Morgan fingerprint density at radius 2 is 2.00 bits per heavy atom. The molecule has 0 aliphatic carbocycles. The standard InChI is InChI=1S/C13H18FNO2/c1-4-17-9-13(16)15(3)10(2)11-5-7-12(14)8-6-11/h5-8,10H,4,9H2,1-3H3. The molecule has 0 bridgehead atoms. The lowest BCUT2D eigenvalue weighted by atomic mass is 10.1. The Bertz CT molecular complexity index is 364. The summed E-state index contributed by atoms with van der Waals surface area (Å²) >= 11 is 0. The first-order valence-electron chi connectivity index (χ1n) is 5.65. The fraction of sp³-hybridized carbons (Fsp3) is 0.462. The monoisotopic (exact) mass is 239 g/mol. The summed E-state index contributed by atoms with van der Waals surface area (Å²) in [6.07, 6.45) is 0. The highest BCUT2D eigenvalue weighted by atomic mass is 19.1. The molecule has 1 aromatic carbocycles. The molecule has 4 heteroatoms. The smallest absolute Gasteiger partial charge is 0.248 e. The molecule has 0 aliphatic heterocycles. The zero-order valence-electron chi connectivity index (χ0n) is 10.4. The number of amides is 1. The van der Waals surface area contributed by atoms with E-state index in [1.54, 1.807) is 24.1 Å². The molecule has 1 unspecified atom stereocenters. The van der Waals surface area contributed by atoms with Crippen molar-refractivity contribution in [1.82, 2.24) is 4.90 Å². The molecule has 17 heavy (non-hydrogen) atoms. The molecular formula is C13H18FNO2. The van der Waals surface area contributed by atoms with Gasteiger partial charge < -0.3 is 9.64 Å². The van der Waals surface area contributed by atoms with Crippen LogP contribution in [0.1, 0.15) is 25.5 Å². The number of carbonyl (C=O) groups excluding carboxylic acids is 1. The molecule has 0 aliphatic rings. The molecule has 1 rings (SSSR count). The van der Waals surface area contributed by atoms with Crippen LogP contribution >= 0.6 is 0 Å². The van der Waals surface area contributed by atoms with Crippen molar-refractivity contribution in [1.29, 1.82) is 0 Å². The molecule has 1 amide bonds. The van der Waals surface area contributed by atoms with Gasteiger partial charge in [-0.05, 0) is 31.5 Å². The molecule has 1 atom stereocenters. The molecule has 0 fully saturated rings. The average Bonchev–Trinajstić information content (AvgIpc) is 2.35. The molecule has 1 aromatic rings. The molecule has 0 radical (unpaired) electrons. The second kappa shape index (κ2) is 6.35. The van der Waals surface area contributed by atoms with Gasteiger partial charge in [0.2, 0.25) is 5.91 Å². The maximum Gasteiger partial charge on any atom is 0.248 e. The summed E-state index contributed by atoms with van der Waals surface area (Å²) in [7, 11) is 1.72. The topological polar surface area (TPSA) is 29.5 Å². The second-order valence-corrected chi connectivity index (χ2v) is 3.87. The number of ether oxygens (including phenoxy) is 1. The minimum absolute atomic E-state index is 0.0799. The summed E-state index contributed by atoms with van der Waals surface area (Å²) in [5, 5.41) is 0. The van der Waals surface area contributed by atoms with Crippen LogP contribution in [-0.2, 0) is 9.53 Å². The lowest BCUT2D eigenvalue weighted by Gasteiger charge is -2.25. The van der Waals surface area contributed by atoms with Crippen molar-refractivity contribution in [3.63, 3.8) is 0 Å². The number of halogens is 1. The Morgan fingerprint density at radius 1 is 1.41 bits per heavy atom. The van der Waals surface area contributed by atoms with E-state index in [2.05, 4.69) is 0 Å². The number of benzene rings is 1. The number of nitrogens with zero attached hydrogens (tertiary/aromatic N) is 1. The number of likely N-dealkylation sites (N-methyl/N-ethyl adjacent to an activating group) is 1. The Hall–Kier alpha value is -1.42. The quantitative estimate of drug-likeness (QED) is 0.789. The third-order valence-corrected chi connectivity index (χ3v) is 2.76. The predicted octanol–water partition coefficient (Wildman–Crippen LogP) is 2.38. The summed E-state index contributed by atoms with van der Waals surface area (Å²) in [4.78, 5) is 13.3. The van der Waals surface area contributed by atoms with Crippen LogP contribution in [0.3, 0.4) is 0 Å². The van der Waals surface area contributed by atoms with E-state index >= 15 is 0 Å². The molecule has 0 N–H and O–H groups in total. The zero-order chi connectivity index (χ0) is 12.8. The third-order valence-electron chi connectivity index (χ3n) is 2.76. The van der Waals surface area contributed by atoms with Crippen LogP contribution in [-0.4, -0.2) is 31.1 Å². The van der Waals surface area contributed by atoms with Crippen molar-refractivity contribution >= 4 is 5.91 Å². The SMILES string of the molecule is CCOCC(=O)N(C)C(C)c1ccc(F)cc1. The van der Waals surface area contributed by atoms with E-state index < -0.39 is 0 Å². The van der Waals surface area contributed by atoms with Gasteiger partial charge in [0.15, 0.2) is 0 Å². The van der Waals surface area contributed by atoms with Gasteiger partial charge in [-0.15, -0.1) is 0 Å². The van der Waals surface area contributed by atoms with E-state index in [1.807, 2.05) is 13.8 Å². The van der Waals surface area contributed by atoms with E-state index in [1.165, 1.54) is 12.1 Å². The highest BCUT2D eigenvalue weighted by Crippen LogP contribution is 2.18. The third kappa shape index (κ3) is 3.82. The number of rotatable bonds is 5. The lowest BCUT2D eigenvalue weighted by molar-refractivity contribution is -0.136. The Kier molecular flexibility index (Phi) is 5.10. The summed E-state index contributed by atoms with van der Waals surface area (Å²) in [6, 6.07) is 6.07. The van der Waals surface area contributed by atoms with Gasteiger partial charge in [0.05, 0.1) is 6.04 Å². The van der Waals surface area contributed by atoms with Gasteiger partial charge in [-0.2, -0.15) is 0 Å². The Labute approximate surface area is 101 Å². The van der Waals surface area contributed by atoms with Gasteiger partial charge in [-0.3, -0.25) is 4.79 Å². The van der Waals surface area contributed by atoms with Crippen LogP contribution in [0.5, 0.6) is 0 Å². The van der Waals surface area contributed by atoms with Crippen molar-refractivity contribution in [2.45, 2.75) is 19.9 Å². The van der Waals surface area contributed by atoms with Crippen molar-refractivity contribution in [2.24, 2.45) is 0 Å². The van der Waals surface area contributed by atoms with E-state index in [4.69, 9.17) is 4.74 Å². The van der Waals surface area contributed by atoms with Crippen LogP contribution in [0.4, 0.5) is 4.39 Å². The summed E-state index contributed by atoms with van der Waals surface area (Å²) < 4.78 is 17.8. The van der Waals surface area contributed by atoms with Crippen molar-refractivity contribution < 1.29 is 13.9 Å². The normalized spacial score (nSPS) is 12.2. The van der Waals surface area contributed by atoms with Gasteiger partial charge in [0.1, 0.15) is 12.4 Å². The molecule has 0 saturated heterocycles. The van der Waals surface area contributed by atoms with Crippen LogP contribution in [0.25, 0.3) is 0 Å². The molecule has 0 spiro atoms. The molecule has 3 nitrogen and oxygen atoms in total. The minimum atomic E-state index is -0.274. The second-order valence-electron chi connectivity index (χ2n) is 3.87. The van der Waals surface area contributed by atoms with E-state index in [9.17, 15) is 9.18 Å². The maximum atomic E-state index is 12.8. The fourth-order valence-corrected chi connectivity index (χ4v) is 1.47. The van der Waals surface area contributed by atoms with Crippen LogP contribution in [0.2, 0.25) is 0 Å². The first-order valence-corrected chi connectivity index (χ1v) is 5.65. The Morgan fingerprint density at radius 3 is 2.53 bits per heavy atom.